The van der Waals surface area contributed by atoms with Crippen LogP contribution < -0.4 is 15.5 Å². The molecule has 3 aromatic rings. The SMILES string of the molecule is CON1CCN[C@@H](N(c2ncncn2)C(Cc2ccc(NC(=O)c3c(Cl)cncc3Cl)cc2)C(=O)O)C1. The van der Waals surface area contributed by atoms with Crippen molar-refractivity contribution < 1.29 is 19.5 Å². The van der Waals surface area contributed by atoms with Crippen molar-refractivity contribution >= 4 is 46.7 Å². The van der Waals surface area contributed by atoms with Crippen molar-refractivity contribution in [1.82, 2.24) is 30.3 Å². The van der Waals surface area contributed by atoms with Gasteiger partial charge < -0.3 is 20.2 Å². The summed E-state index contributed by atoms with van der Waals surface area (Å²) < 4.78 is 0. The fourth-order valence-electron chi connectivity index (χ4n) is 3.99. The molecule has 37 heavy (non-hydrogen) atoms. The molecule has 2 atom stereocenters. The van der Waals surface area contributed by atoms with Gasteiger partial charge in [0.25, 0.3) is 5.91 Å². The summed E-state index contributed by atoms with van der Waals surface area (Å²) in [5.74, 6) is -1.30. The van der Waals surface area contributed by atoms with Crippen LogP contribution in [0.1, 0.15) is 15.9 Å². The van der Waals surface area contributed by atoms with Crippen molar-refractivity contribution in [3.05, 3.63) is 70.5 Å². The number of hydrogen-bond donors (Lipinski definition) is 3. The number of anilines is 2. The summed E-state index contributed by atoms with van der Waals surface area (Å²) >= 11 is 12.1. The molecule has 1 fully saturated rings. The van der Waals surface area contributed by atoms with Crippen LogP contribution in [0.2, 0.25) is 10.0 Å². The van der Waals surface area contributed by atoms with E-state index in [1.807, 2.05) is 0 Å². The van der Waals surface area contributed by atoms with Crippen LogP contribution >= 0.6 is 23.2 Å². The van der Waals surface area contributed by atoms with E-state index in [9.17, 15) is 14.7 Å². The Bertz CT molecular complexity index is 1210. The van der Waals surface area contributed by atoms with E-state index in [4.69, 9.17) is 28.0 Å². The summed E-state index contributed by atoms with van der Waals surface area (Å²) in [6, 6.07) is 5.82. The van der Waals surface area contributed by atoms with Gasteiger partial charge in [0.15, 0.2) is 0 Å². The number of amides is 1. The van der Waals surface area contributed by atoms with Gasteiger partial charge in [-0.05, 0) is 17.7 Å². The smallest absolute Gasteiger partial charge is 0.326 e. The van der Waals surface area contributed by atoms with Gasteiger partial charge in [0, 0.05) is 37.6 Å². The molecule has 1 aromatic carbocycles. The van der Waals surface area contributed by atoms with E-state index in [2.05, 4.69) is 30.6 Å². The molecule has 2 aromatic heterocycles. The first-order valence-corrected chi connectivity index (χ1v) is 12.0. The fraction of sp³-hybridized carbons (Fsp3) is 0.304. The highest BCUT2D eigenvalue weighted by atomic mass is 35.5. The molecule has 0 bridgehead atoms. The second-order valence-electron chi connectivity index (χ2n) is 8.07. The molecule has 4 rings (SSSR count). The van der Waals surface area contributed by atoms with Crippen LogP contribution in [-0.2, 0) is 16.1 Å². The normalized spacial score (nSPS) is 16.7. The lowest BCUT2D eigenvalue weighted by Crippen LogP contribution is -2.63. The summed E-state index contributed by atoms with van der Waals surface area (Å²) in [6.07, 6.45) is 5.03. The number of carbonyl (C=O) groups is 2. The summed E-state index contributed by atoms with van der Waals surface area (Å²) in [5.41, 5.74) is 1.33. The lowest BCUT2D eigenvalue weighted by atomic mass is 10.0. The molecule has 194 valence electrons. The minimum atomic E-state index is -1.05. The van der Waals surface area contributed by atoms with Crippen LogP contribution in [-0.4, -0.2) is 80.9 Å². The minimum absolute atomic E-state index is 0.117. The Labute approximate surface area is 222 Å². The van der Waals surface area contributed by atoms with E-state index in [-0.39, 0.29) is 28.0 Å². The highest BCUT2D eigenvalue weighted by Crippen LogP contribution is 2.25. The first-order valence-electron chi connectivity index (χ1n) is 11.2. The van der Waals surface area contributed by atoms with Gasteiger partial charge in [0.05, 0.1) is 35.4 Å². The first kappa shape index (κ1) is 26.6. The third-order valence-electron chi connectivity index (χ3n) is 5.76. The highest BCUT2D eigenvalue weighted by Gasteiger charge is 2.36. The number of carboxylic acids is 1. The molecule has 0 saturated carbocycles. The minimum Gasteiger partial charge on any atom is -0.480 e. The van der Waals surface area contributed by atoms with E-state index in [0.29, 0.717) is 25.3 Å². The van der Waals surface area contributed by atoms with E-state index in [1.165, 1.54) is 25.0 Å². The zero-order valence-corrected chi connectivity index (χ0v) is 21.2. The Morgan fingerprint density at radius 3 is 2.49 bits per heavy atom. The van der Waals surface area contributed by atoms with Gasteiger partial charge in [-0.15, -0.1) is 0 Å². The van der Waals surface area contributed by atoms with Crippen LogP contribution in [0.3, 0.4) is 0 Å². The number of pyridine rings is 1. The number of piperazine rings is 1. The summed E-state index contributed by atoms with van der Waals surface area (Å²) in [5, 5.41) is 18.3. The van der Waals surface area contributed by atoms with Gasteiger partial charge in [-0.2, -0.15) is 5.06 Å². The Kier molecular flexibility index (Phi) is 8.79. The lowest BCUT2D eigenvalue weighted by molar-refractivity contribution is -0.148. The number of aliphatic carboxylic acids is 1. The zero-order valence-electron chi connectivity index (χ0n) is 19.7. The van der Waals surface area contributed by atoms with Crippen LogP contribution in [0.25, 0.3) is 0 Å². The highest BCUT2D eigenvalue weighted by molar-refractivity contribution is 6.40. The first-order chi connectivity index (χ1) is 17.9. The second kappa shape index (κ2) is 12.2. The molecule has 0 aliphatic carbocycles. The fourth-order valence-corrected chi connectivity index (χ4v) is 4.53. The van der Waals surface area contributed by atoms with Crippen LogP contribution in [0.4, 0.5) is 11.6 Å². The third kappa shape index (κ3) is 6.48. The maximum absolute atomic E-state index is 12.6. The standard InChI is InChI=1S/C23H24Cl2N8O4/c1-37-32-7-6-28-19(11-32)33(23-29-12-27-13-30-23)18(22(35)36)8-14-2-4-15(5-3-14)31-21(34)20-16(24)9-26-10-17(20)25/h2-5,9-10,12-13,18-19,28H,6-8,11H2,1H3,(H,31,34)(H,35,36)/t18?,19-/m0/s1. The Balaban J connectivity index is 1.54. The van der Waals surface area contributed by atoms with E-state index < -0.39 is 24.1 Å². The number of nitrogens with zero attached hydrogens (tertiary/aromatic N) is 6. The number of nitrogens with one attached hydrogen (secondary N) is 2. The number of hydroxylamine groups is 2. The molecule has 14 heteroatoms. The maximum Gasteiger partial charge on any atom is 0.326 e. The second-order valence-corrected chi connectivity index (χ2v) is 8.89. The molecule has 0 spiro atoms. The molecule has 1 unspecified atom stereocenters. The number of aromatic nitrogens is 4. The summed E-state index contributed by atoms with van der Waals surface area (Å²) in [6.45, 7) is 1.64. The zero-order chi connectivity index (χ0) is 26.4. The van der Waals surface area contributed by atoms with E-state index in [1.54, 1.807) is 41.3 Å². The summed E-state index contributed by atoms with van der Waals surface area (Å²) in [4.78, 5) is 48.2. The van der Waals surface area contributed by atoms with Gasteiger partial charge in [0.1, 0.15) is 18.7 Å². The predicted molar refractivity (Wildman–Crippen MR) is 136 cm³/mol. The lowest BCUT2D eigenvalue weighted by Gasteiger charge is -2.41. The maximum atomic E-state index is 12.6. The molecule has 1 amide bonds. The molecule has 12 nitrogen and oxygen atoms in total. The van der Waals surface area contributed by atoms with E-state index >= 15 is 0 Å². The van der Waals surface area contributed by atoms with Crippen molar-refractivity contribution in [2.45, 2.75) is 18.6 Å². The Morgan fingerprint density at radius 1 is 1.19 bits per heavy atom. The summed E-state index contributed by atoms with van der Waals surface area (Å²) in [7, 11) is 1.57. The van der Waals surface area contributed by atoms with Crippen LogP contribution in [0, 0.1) is 0 Å². The molecule has 1 aliphatic heterocycles. The number of benzene rings is 1. The molecule has 1 aliphatic rings. The number of rotatable bonds is 9. The molecular weight excluding hydrogens is 523 g/mol. The predicted octanol–water partition coefficient (Wildman–Crippen LogP) is 2.12. The number of hydrogen-bond acceptors (Lipinski definition) is 10. The molecule has 3 N–H and O–H groups in total. The molecule has 1 saturated heterocycles. The quantitative estimate of drug-likeness (QED) is 0.362. The Hall–Kier alpha value is -3.42. The monoisotopic (exact) mass is 546 g/mol. The van der Waals surface area contributed by atoms with Gasteiger partial charge in [0.2, 0.25) is 5.95 Å². The third-order valence-corrected chi connectivity index (χ3v) is 6.34. The van der Waals surface area contributed by atoms with E-state index in [0.717, 1.165) is 5.56 Å². The van der Waals surface area contributed by atoms with Gasteiger partial charge in [-0.1, -0.05) is 35.3 Å². The van der Waals surface area contributed by atoms with Crippen LogP contribution in [0.5, 0.6) is 0 Å². The molecule has 0 radical (unpaired) electrons. The van der Waals surface area contributed by atoms with Crippen molar-refractivity contribution in [2.24, 2.45) is 0 Å². The van der Waals surface area contributed by atoms with Crippen molar-refractivity contribution in [1.29, 1.82) is 0 Å². The van der Waals surface area contributed by atoms with Crippen molar-refractivity contribution in [3.8, 4) is 0 Å². The van der Waals surface area contributed by atoms with Crippen LogP contribution in [0.15, 0.2) is 49.3 Å². The topological polar surface area (TPSA) is 146 Å². The van der Waals surface area contributed by atoms with Crippen molar-refractivity contribution in [2.75, 3.05) is 37.0 Å². The molecule has 3 heterocycles. The Morgan fingerprint density at radius 2 is 1.86 bits per heavy atom. The average molecular weight is 547 g/mol. The van der Waals surface area contributed by atoms with Gasteiger partial charge in [-0.25, -0.2) is 19.7 Å². The average Bonchev–Trinajstić information content (AvgIpc) is 2.90. The van der Waals surface area contributed by atoms with Gasteiger partial charge in [-0.3, -0.25) is 15.1 Å². The largest absolute Gasteiger partial charge is 0.480 e. The molecular formula is C23H24Cl2N8O4. The number of carbonyl (C=O) groups excluding carboxylic acids is 1. The number of halogens is 2. The van der Waals surface area contributed by atoms with Crippen molar-refractivity contribution in [3.63, 3.8) is 0 Å². The number of carboxylic acid groups (broad SMARTS) is 1. The van der Waals surface area contributed by atoms with Gasteiger partial charge >= 0.3 is 5.97 Å².